The van der Waals surface area contributed by atoms with Crippen LogP contribution < -0.4 is 10.0 Å². The number of carbonyl (C=O) groups excluding carboxylic acids is 1. The van der Waals surface area contributed by atoms with Gasteiger partial charge in [0.05, 0.1) is 12.1 Å². The lowest BCUT2D eigenvalue weighted by Crippen LogP contribution is -2.68. The average Bonchev–Trinajstić information content (AvgIpc) is 3.89. The smallest absolute Gasteiger partial charge is 0.335 e. The lowest BCUT2D eigenvalue weighted by atomic mass is 9.33. The van der Waals surface area contributed by atoms with E-state index in [1.807, 2.05) is 19.1 Å². The molecule has 5 aliphatic rings. The summed E-state index contributed by atoms with van der Waals surface area (Å²) in [4.78, 5) is 24.9. The van der Waals surface area contributed by atoms with Crippen LogP contribution in [0.2, 0.25) is 0 Å². The summed E-state index contributed by atoms with van der Waals surface area (Å²) in [5.41, 5.74) is 3.09. The van der Waals surface area contributed by atoms with E-state index in [4.69, 9.17) is 0 Å². The third-order valence-corrected chi connectivity index (χ3v) is 17.8. The van der Waals surface area contributed by atoms with Gasteiger partial charge in [0, 0.05) is 5.54 Å². The molecule has 308 valence electrons. The van der Waals surface area contributed by atoms with E-state index in [1.165, 1.54) is 31.3 Å². The van der Waals surface area contributed by atoms with Crippen molar-refractivity contribution in [3.63, 3.8) is 0 Å². The van der Waals surface area contributed by atoms with Gasteiger partial charge in [-0.05, 0) is 145 Å². The molecule has 4 saturated carbocycles. The van der Waals surface area contributed by atoms with Crippen LogP contribution in [0.4, 0.5) is 0 Å². The third kappa shape index (κ3) is 8.43. The number of benzene rings is 1. The molecule has 1 aromatic heterocycles. The molecule has 7 rings (SSSR count). The van der Waals surface area contributed by atoms with E-state index in [0.717, 1.165) is 55.4 Å². The van der Waals surface area contributed by atoms with Crippen molar-refractivity contribution >= 4 is 38.8 Å². The summed E-state index contributed by atoms with van der Waals surface area (Å²) in [5.74, 6) is 0.983. The Morgan fingerprint density at radius 1 is 0.860 bits per heavy atom. The molecule has 0 spiro atoms. The Kier molecular flexibility index (Phi) is 15.5. The van der Waals surface area contributed by atoms with Crippen molar-refractivity contribution in [3.05, 3.63) is 71.6 Å². The molecule has 2 aromatic rings. The predicted octanol–water partition coefficient (Wildman–Crippen LogP) is 10.1. The van der Waals surface area contributed by atoms with E-state index in [1.54, 1.807) is 35.7 Å². The minimum absolute atomic E-state index is 0.0285. The molecule has 0 radical (unpaired) electrons. The van der Waals surface area contributed by atoms with Gasteiger partial charge in [0.15, 0.2) is 0 Å². The first kappa shape index (κ1) is 47.3. The number of hydrogen-bond acceptors (Lipinski definition) is 5. The third-order valence-electron chi connectivity index (χ3n) is 15.0. The molecule has 57 heavy (non-hydrogen) atoms. The van der Waals surface area contributed by atoms with Crippen LogP contribution in [-0.2, 0) is 14.8 Å². The summed E-state index contributed by atoms with van der Waals surface area (Å²) in [7, 11) is -3.69. The first-order valence-electron chi connectivity index (χ1n) is 19.9. The first-order valence-corrected chi connectivity index (χ1v) is 22.3. The number of carbonyl (C=O) groups is 2. The molecule has 1 heterocycles. The predicted molar refractivity (Wildman–Crippen MR) is 236 cm³/mol. The zero-order valence-electron chi connectivity index (χ0n) is 34.9. The molecule has 5 aliphatic carbocycles. The van der Waals surface area contributed by atoms with Gasteiger partial charge in [-0.1, -0.05) is 71.4 Å². The van der Waals surface area contributed by atoms with Crippen molar-refractivity contribution in [1.29, 1.82) is 0 Å². The van der Waals surface area contributed by atoms with Crippen LogP contribution in [0, 0.1) is 83.9 Å². The van der Waals surface area contributed by atoms with Gasteiger partial charge in [0.25, 0.3) is 10.0 Å². The number of aromatic carboxylic acids is 1. The fourth-order valence-electron chi connectivity index (χ4n) is 12.6. The standard InChI is InChI=1S/C39H52N2O5S2.C3H6.3C2H2/c1-35(2)27(25-10-12-26(13-11-25)34(43)44)16-19-36(3)30(35)17-20-38(5)31(36)15-14-28-29-8-6-18-39(29,22-21-37(28,38)4)41-32(42)24-40-48(45,46)33-9-7-23-47-33;1-3-2;3*1-2/h7,9-13,16,23,28-31,40H,6,8,14-15,17-22,24H2,1-5H3,(H,41,42)(H,43,44);3H,1H2,2H3;3*1-2H/t28-,29?,30?,31?,36+,37-,38-,39+;;;;/m1..../s1. The minimum atomic E-state index is -3.69. The lowest BCUT2D eigenvalue weighted by molar-refractivity contribution is -0.216. The van der Waals surface area contributed by atoms with Gasteiger partial charge < -0.3 is 10.4 Å². The number of rotatable bonds is 7. The Morgan fingerprint density at radius 3 is 2.07 bits per heavy atom. The highest BCUT2D eigenvalue weighted by Crippen LogP contribution is 2.76. The molecular formula is C48H64N2O5S2. The normalized spacial score (nSPS) is 32.7. The summed E-state index contributed by atoms with van der Waals surface area (Å²) >= 11 is 1.16. The quantitative estimate of drug-likeness (QED) is 0.190. The zero-order chi connectivity index (χ0) is 43.0. The highest BCUT2D eigenvalue weighted by molar-refractivity contribution is 7.91. The van der Waals surface area contributed by atoms with Crippen molar-refractivity contribution in [2.24, 2.45) is 45.3 Å². The molecule has 0 aliphatic heterocycles. The monoisotopic (exact) mass is 812 g/mol. The molecule has 0 saturated heterocycles. The van der Waals surface area contributed by atoms with Gasteiger partial charge in [-0.2, -0.15) is 0 Å². The Labute approximate surface area is 348 Å². The number of thiophene rings is 1. The Bertz CT molecular complexity index is 1910. The van der Waals surface area contributed by atoms with Crippen LogP contribution in [0.3, 0.4) is 0 Å². The molecule has 9 heteroatoms. The molecule has 0 bridgehead atoms. The van der Waals surface area contributed by atoms with Gasteiger partial charge in [-0.3, -0.25) is 4.79 Å². The van der Waals surface area contributed by atoms with Crippen LogP contribution in [0.25, 0.3) is 5.57 Å². The van der Waals surface area contributed by atoms with Gasteiger partial charge in [-0.15, -0.1) is 56.5 Å². The second-order valence-corrected chi connectivity index (χ2v) is 20.4. The summed E-state index contributed by atoms with van der Waals surface area (Å²) < 4.78 is 28.2. The fourth-order valence-corrected chi connectivity index (χ4v) is 14.7. The van der Waals surface area contributed by atoms with E-state index in [9.17, 15) is 23.1 Å². The van der Waals surface area contributed by atoms with E-state index in [2.05, 4.69) is 95.9 Å². The van der Waals surface area contributed by atoms with Crippen LogP contribution in [0.5, 0.6) is 0 Å². The number of amides is 1. The summed E-state index contributed by atoms with van der Waals surface area (Å²) in [5, 5.41) is 14.6. The van der Waals surface area contributed by atoms with Gasteiger partial charge >= 0.3 is 5.97 Å². The second-order valence-electron chi connectivity index (χ2n) is 17.5. The Hall–Kier alpha value is -4.07. The Morgan fingerprint density at radius 2 is 1.49 bits per heavy atom. The SMILES string of the molecule is C#C.C#C.C#C.C=CC.CC1(C)C(c2ccc(C(=O)O)cc2)=CC[C@@]2(C)C1CC[C@]1(C)C2CC[C@@H]2C3CCC[C@]3(NC(=O)CNS(=O)(=O)c3cccs3)CC[C@]21C. The van der Waals surface area contributed by atoms with Gasteiger partial charge in [0.1, 0.15) is 4.21 Å². The molecule has 8 atom stereocenters. The molecule has 4 fully saturated rings. The summed E-state index contributed by atoms with van der Waals surface area (Å²) in [6.07, 6.45) is 39.3. The number of hydrogen-bond donors (Lipinski definition) is 3. The van der Waals surface area contributed by atoms with E-state index >= 15 is 0 Å². The number of fused-ring (bicyclic) bond motifs is 7. The summed E-state index contributed by atoms with van der Waals surface area (Å²) in [6.45, 7) is 17.6. The number of sulfonamides is 1. The fraction of sp³-hybridized carbons (Fsp3) is 0.542. The van der Waals surface area contributed by atoms with Crippen LogP contribution >= 0.6 is 11.3 Å². The maximum atomic E-state index is 13.4. The topological polar surface area (TPSA) is 113 Å². The number of carboxylic acid groups (broad SMARTS) is 1. The maximum absolute atomic E-state index is 13.4. The maximum Gasteiger partial charge on any atom is 0.335 e. The zero-order valence-corrected chi connectivity index (χ0v) is 36.5. The van der Waals surface area contributed by atoms with E-state index in [0.29, 0.717) is 29.2 Å². The largest absolute Gasteiger partial charge is 0.478 e. The number of allylic oxidation sites excluding steroid dienone is 3. The lowest BCUT2D eigenvalue weighted by Gasteiger charge is -2.72. The van der Waals surface area contributed by atoms with Crippen LogP contribution in [0.15, 0.2) is 64.7 Å². The van der Waals surface area contributed by atoms with Crippen molar-refractivity contribution in [3.8, 4) is 38.5 Å². The van der Waals surface area contributed by atoms with E-state index in [-0.39, 0.29) is 43.9 Å². The van der Waals surface area contributed by atoms with Gasteiger partial charge in [0.2, 0.25) is 5.91 Å². The van der Waals surface area contributed by atoms with Crippen molar-refractivity contribution < 1.29 is 23.1 Å². The molecule has 7 nitrogen and oxygen atoms in total. The van der Waals surface area contributed by atoms with E-state index < -0.39 is 16.0 Å². The van der Waals surface area contributed by atoms with Gasteiger partial charge in [-0.25, -0.2) is 17.9 Å². The number of nitrogens with one attached hydrogen (secondary N) is 2. The number of carboxylic acids is 1. The molecule has 1 aromatic carbocycles. The van der Waals surface area contributed by atoms with Crippen molar-refractivity contribution in [2.45, 2.75) is 115 Å². The molecule has 3 unspecified atom stereocenters. The molecular weight excluding hydrogens is 749 g/mol. The average molecular weight is 813 g/mol. The Balaban J connectivity index is 0.000000899. The van der Waals surface area contributed by atoms with Crippen LogP contribution in [0.1, 0.15) is 122 Å². The summed E-state index contributed by atoms with van der Waals surface area (Å²) in [6, 6.07) is 10.7. The van der Waals surface area contributed by atoms with Crippen molar-refractivity contribution in [1.82, 2.24) is 10.0 Å². The minimum Gasteiger partial charge on any atom is -0.478 e. The van der Waals surface area contributed by atoms with Crippen molar-refractivity contribution in [2.75, 3.05) is 6.54 Å². The molecule has 3 N–H and O–H groups in total. The number of terminal acetylenes is 3. The first-order chi connectivity index (χ1) is 27.0. The second kappa shape index (κ2) is 18.7. The highest BCUT2D eigenvalue weighted by Gasteiger charge is 2.69. The highest BCUT2D eigenvalue weighted by atomic mass is 32.2. The van der Waals surface area contributed by atoms with Crippen LogP contribution in [-0.4, -0.2) is 37.5 Å². The molecule has 1 amide bonds.